The second-order valence-corrected chi connectivity index (χ2v) is 8.87. The normalized spacial score (nSPS) is 11.5. The topological polar surface area (TPSA) is 127 Å². The first-order chi connectivity index (χ1) is 14.9. The van der Waals surface area contributed by atoms with Crippen LogP contribution < -0.4 is 10.6 Å². The average molecular weight is 458 g/mol. The molecule has 1 unspecified atom stereocenters. The molecule has 1 aromatic heterocycles. The van der Waals surface area contributed by atoms with Crippen molar-refractivity contribution in [3.8, 4) is 0 Å². The number of aryl methyl sites for hydroxylation is 1. The summed E-state index contributed by atoms with van der Waals surface area (Å²) in [6.45, 7) is 3.73. The summed E-state index contributed by atoms with van der Waals surface area (Å²) in [6.07, 6.45) is 0.605. The van der Waals surface area contributed by atoms with Crippen LogP contribution in [0.15, 0.2) is 53.4 Å². The number of thioether (sulfide) groups is 1. The summed E-state index contributed by atoms with van der Waals surface area (Å²) in [6, 6.07) is 12.5. The molecule has 9 nitrogen and oxygen atoms in total. The molecule has 0 spiro atoms. The highest BCUT2D eigenvalue weighted by Crippen LogP contribution is 2.29. The van der Waals surface area contributed by atoms with Gasteiger partial charge in [0.25, 0.3) is 11.6 Å². The molecule has 11 heteroatoms. The van der Waals surface area contributed by atoms with Crippen LogP contribution in [-0.2, 0) is 4.79 Å². The minimum Gasteiger partial charge on any atom is -0.322 e. The smallest absolute Gasteiger partial charge is 0.269 e. The van der Waals surface area contributed by atoms with Gasteiger partial charge in [0.05, 0.1) is 10.2 Å². The van der Waals surface area contributed by atoms with Gasteiger partial charge in [-0.2, -0.15) is 0 Å². The number of nitro groups is 1. The molecule has 0 saturated heterocycles. The zero-order valence-electron chi connectivity index (χ0n) is 16.7. The number of aromatic nitrogens is 2. The van der Waals surface area contributed by atoms with Crippen molar-refractivity contribution in [2.24, 2.45) is 0 Å². The van der Waals surface area contributed by atoms with Crippen molar-refractivity contribution >= 4 is 51.4 Å². The first-order valence-electron chi connectivity index (χ1n) is 9.29. The predicted octanol–water partition coefficient (Wildman–Crippen LogP) is 4.52. The van der Waals surface area contributed by atoms with E-state index in [-0.39, 0.29) is 22.8 Å². The molecule has 1 heterocycles. The summed E-state index contributed by atoms with van der Waals surface area (Å²) < 4.78 is 0. The largest absolute Gasteiger partial charge is 0.322 e. The summed E-state index contributed by atoms with van der Waals surface area (Å²) >= 11 is 2.69. The van der Waals surface area contributed by atoms with Crippen LogP contribution in [0.2, 0.25) is 0 Å². The highest BCUT2D eigenvalue weighted by Gasteiger charge is 2.20. The summed E-state index contributed by atoms with van der Waals surface area (Å²) in [5, 5.41) is 25.0. The number of hydrogen-bond acceptors (Lipinski definition) is 8. The predicted molar refractivity (Wildman–Crippen MR) is 121 cm³/mol. The second kappa shape index (κ2) is 10.1. The molecule has 0 radical (unpaired) electrons. The van der Waals surface area contributed by atoms with Gasteiger partial charge >= 0.3 is 0 Å². The zero-order valence-corrected chi connectivity index (χ0v) is 18.3. The Balaban J connectivity index is 1.65. The van der Waals surface area contributed by atoms with Crippen LogP contribution in [-0.4, -0.2) is 32.2 Å². The van der Waals surface area contributed by atoms with E-state index in [2.05, 4.69) is 20.8 Å². The average Bonchev–Trinajstić information content (AvgIpc) is 3.16. The lowest BCUT2D eigenvalue weighted by Crippen LogP contribution is -2.24. The molecule has 0 aliphatic heterocycles. The van der Waals surface area contributed by atoms with Crippen molar-refractivity contribution in [3.63, 3.8) is 0 Å². The lowest BCUT2D eigenvalue weighted by Gasteiger charge is -2.14. The molecule has 160 valence electrons. The fourth-order valence-corrected chi connectivity index (χ4v) is 4.21. The van der Waals surface area contributed by atoms with Gasteiger partial charge in [0.1, 0.15) is 5.01 Å². The standard InChI is InChI=1S/C20H19N5O4S2/c1-3-17(19(27)22-20-24-23-12(2)30-20)31-16-6-4-5-14(11-16)21-18(26)13-7-9-15(10-8-13)25(28)29/h4-11,17H,3H2,1-2H3,(H,21,26)(H,22,24,27). The Bertz CT molecular complexity index is 1100. The third-order valence-corrected chi connectivity index (χ3v) is 6.24. The van der Waals surface area contributed by atoms with E-state index in [1.165, 1.54) is 47.4 Å². The molecule has 2 amide bonds. The van der Waals surface area contributed by atoms with E-state index < -0.39 is 4.92 Å². The molecule has 0 saturated carbocycles. The van der Waals surface area contributed by atoms with Gasteiger partial charge in [-0.1, -0.05) is 24.3 Å². The number of nitrogens with one attached hydrogen (secondary N) is 2. The molecule has 3 aromatic rings. The maximum absolute atomic E-state index is 12.6. The van der Waals surface area contributed by atoms with Gasteiger partial charge in [-0.15, -0.1) is 22.0 Å². The van der Waals surface area contributed by atoms with Gasteiger partial charge in [0.15, 0.2) is 0 Å². The molecule has 0 aliphatic rings. The summed E-state index contributed by atoms with van der Waals surface area (Å²) in [4.78, 5) is 36.0. The third-order valence-electron chi connectivity index (χ3n) is 4.13. The summed E-state index contributed by atoms with van der Waals surface area (Å²) in [7, 11) is 0. The quantitative estimate of drug-likeness (QED) is 0.289. The second-order valence-electron chi connectivity index (χ2n) is 6.42. The number of nitro benzene ring substituents is 1. The van der Waals surface area contributed by atoms with Gasteiger partial charge < -0.3 is 5.32 Å². The van der Waals surface area contributed by atoms with E-state index in [9.17, 15) is 19.7 Å². The fraction of sp³-hybridized carbons (Fsp3) is 0.200. The van der Waals surface area contributed by atoms with E-state index in [4.69, 9.17) is 0 Å². The van der Waals surface area contributed by atoms with Crippen molar-refractivity contribution in [2.75, 3.05) is 10.6 Å². The Morgan fingerprint density at radius 2 is 1.90 bits per heavy atom. The number of non-ortho nitro benzene ring substituents is 1. The maximum Gasteiger partial charge on any atom is 0.269 e. The molecule has 2 N–H and O–H groups in total. The number of carbonyl (C=O) groups is 2. The van der Waals surface area contributed by atoms with Crippen LogP contribution in [0.1, 0.15) is 28.7 Å². The molecule has 0 aliphatic carbocycles. The Morgan fingerprint density at radius 3 is 2.52 bits per heavy atom. The van der Waals surface area contributed by atoms with E-state index >= 15 is 0 Å². The number of rotatable bonds is 8. The Morgan fingerprint density at radius 1 is 1.16 bits per heavy atom. The number of hydrogen-bond donors (Lipinski definition) is 2. The van der Waals surface area contributed by atoms with Gasteiger partial charge in [0, 0.05) is 28.3 Å². The Hall–Kier alpha value is -3.31. The van der Waals surface area contributed by atoms with Crippen molar-refractivity contribution in [1.82, 2.24) is 10.2 Å². The van der Waals surface area contributed by atoms with Crippen molar-refractivity contribution in [3.05, 3.63) is 69.2 Å². The first-order valence-corrected chi connectivity index (χ1v) is 11.0. The van der Waals surface area contributed by atoms with Gasteiger partial charge in [-0.25, -0.2) is 0 Å². The highest BCUT2D eigenvalue weighted by molar-refractivity contribution is 8.00. The fourth-order valence-electron chi connectivity index (χ4n) is 2.60. The Kier molecular flexibility index (Phi) is 7.32. The van der Waals surface area contributed by atoms with Crippen LogP contribution in [0.3, 0.4) is 0 Å². The van der Waals surface area contributed by atoms with Crippen molar-refractivity contribution in [1.29, 1.82) is 0 Å². The molecular weight excluding hydrogens is 438 g/mol. The van der Waals surface area contributed by atoms with Crippen molar-refractivity contribution in [2.45, 2.75) is 30.4 Å². The molecule has 0 bridgehead atoms. The number of nitrogens with zero attached hydrogens (tertiary/aromatic N) is 3. The van der Waals surface area contributed by atoms with Crippen LogP contribution in [0.5, 0.6) is 0 Å². The molecule has 3 rings (SSSR count). The van der Waals surface area contributed by atoms with Crippen LogP contribution in [0.25, 0.3) is 0 Å². The molecular formula is C20H19N5O4S2. The number of benzene rings is 2. The van der Waals surface area contributed by atoms with Crippen LogP contribution in [0.4, 0.5) is 16.5 Å². The summed E-state index contributed by atoms with van der Waals surface area (Å²) in [5.41, 5.74) is 0.785. The monoisotopic (exact) mass is 457 g/mol. The highest BCUT2D eigenvalue weighted by atomic mass is 32.2. The Labute approximate surface area is 186 Å². The summed E-state index contributed by atoms with van der Waals surface area (Å²) in [5.74, 6) is -0.544. The van der Waals surface area contributed by atoms with Crippen molar-refractivity contribution < 1.29 is 14.5 Å². The van der Waals surface area contributed by atoms with E-state index in [0.717, 1.165) is 9.90 Å². The van der Waals surface area contributed by atoms with E-state index in [1.54, 1.807) is 18.2 Å². The minimum atomic E-state index is -0.519. The third kappa shape index (κ3) is 6.09. The maximum atomic E-state index is 12.6. The van der Waals surface area contributed by atoms with E-state index in [0.29, 0.717) is 22.8 Å². The molecule has 0 fully saturated rings. The van der Waals surface area contributed by atoms with Gasteiger partial charge in [0.2, 0.25) is 11.0 Å². The van der Waals surface area contributed by atoms with Crippen LogP contribution in [0, 0.1) is 17.0 Å². The number of anilines is 2. The lowest BCUT2D eigenvalue weighted by atomic mass is 10.2. The molecule has 31 heavy (non-hydrogen) atoms. The first kappa shape index (κ1) is 22.4. The minimum absolute atomic E-state index is 0.0810. The van der Waals surface area contributed by atoms with Gasteiger partial charge in [-0.05, 0) is 43.7 Å². The lowest BCUT2D eigenvalue weighted by molar-refractivity contribution is -0.384. The SMILES string of the molecule is CCC(Sc1cccc(NC(=O)c2ccc([N+](=O)[O-])cc2)c1)C(=O)Nc1nnc(C)s1. The van der Waals surface area contributed by atoms with Gasteiger partial charge in [-0.3, -0.25) is 25.0 Å². The van der Waals surface area contributed by atoms with E-state index in [1.807, 2.05) is 19.9 Å². The molecule has 1 atom stereocenters. The van der Waals surface area contributed by atoms with Crippen LogP contribution >= 0.6 is 23.1 Å². The number of carbonyl (C=O) groups excluding carboxylic acids is 2. The number of amides is 2. The molecule has 2 aromatic carbocycles. The zero-order chi connectivity index (χ0) is 22.4.